The molecule has 0 saturated carbocycles. The van der Waals surface area contributed by atoms with Crippen molar-refractivity contribution < 1.29 is 23.7 Å². The summed E-state index contributed by atoms with van der Waals surface area (Å²) in [5.41, 5.74) is 9.58. The molecule has 1 atom stereocenters. The number of nitrogens with zero attached hydrogens (tertiary/aromatic N) is 2. The van der Waals surface area contributed by atoms with E-state index in [1.807, 2.05) is 56.3 Å². The van der Waals surface area contributed by atoms with Crippen LogP contribution < -0.4 is 35.0 Å². The lowest BCUT2D eigenvalue weighted by molar-refractivity contribution is 0.269. The van der Waals surface area contributed by atoms with Crippen molar-refractivity contribution in [3.8, 4) is 34.8 Å². The Bertz CT molecular complexity index is 1860. The van der Waals surface area contributed by atoms with Crippen molar-refractivity contribution in [3.05, 3.63) is 122 Å². The van der Waals surface area contributed by atoms with E-state index in [1.165, 1.54) is 0 Å². The smallest absolute Gasteiger partial charge is 0.258 e. The van der Waals surface area contributed by atoms with Crippen LogP contribution in [-0.2, 0) is 19.6 Å². The summed E-state index contributed by atoms with van der Waals surface area (Å²) in [4.78, 5) is 14.2. The van der Waals surface area contributed by atoms with E-state index >= 15 is 0 Å². The summed E-state index contributed by atoms with van der Waals surface area (Å²) in [7, 11) is 3.17. The number of fused-ring (bicyclic) bond motifs is 1. The molecular weight excluding hydrogens is 594 g/mol. The van der Waals surface area contributed by atoms with E-state index in [1.54, 1.807) is 43.1 Å². The number of benzene rings is 3. The lowest BCUT2D eigenvalue weighted by Gasteiger charge is -2.28. The van der Waals surface area contributed by atoms with E-state index in [-0.39, 0.29) is 23.6 Å². The standard InChI is InChI=1S/C35H34ClN3O6/c1-5-43-30-18-23(11-13-28(30)44-20-24-8-6-7-9-26(24)36)32-25(19-37)34(38)45-31-16-21(2)39(35(40)33(31)32)15-14-22-10-12-27(41-3)29(17-22)42-4/h6-13,16-18,32H,5,14-15,20,38H2,1-4H3/t32-/m0/s1. The second-order valence-corrected chi connectivity index (χ2v) is 10.8. The maximum absolute atomic E-state index is 14.2. The van der Waals surface area contributed by atoms with E-state index in [4.69, 9.17) is 41.0 Å². The van der Waals surface area contributed by atoms with Crippen LogP contribution in [0.3, 0.4) is 0 Å². The molecule has 1 aliphatic heterocycles. The summed E-state index contributed by atoms with van der Waals surface area (Å²) in [5.74, 6) is 1.69. The van der Waals surface area contributed by atoms with Crippen LogP contribution in [0.4, 0.5) is 0 Å². The molecule has 0 saturated heterocycles. The summed E-state index contributed by atoms with van der Waals surface area (Å²) in [6, 6.07) is 22.4. The predicted molar refractivity (Wildman–Crippen MR) is 171 cm³/mol. The fourth-order valence-electron chi connectivity index (χ4n) is 5.44. The number of hydrogen-bond acceptors (Lipinski definition) is 8. The first kappa shape index (κ1) is 31.4. The average Bonchev–Trinajstić information content (AvgIpc) is 3.04. The lowest BCUT2D eigenvalue weighted by Crippen LogP contribution is -2.33. The van der Waals surface area contributed by atoms with Gasteiger partial charge in [0, 0.05) is 28.9 Å². The zero-order valence-electron chi connectivity index (χ0n) is 25.6. The van der Waals surface area contributed by atoms with Gasteiger partial charge in [-0.15, -0.1) is 0 Å². The predicted octanol–water partition coefficient (Wildman–Crippen LogP) is 6.27. The Kier molecular flexibility index (Phi) is 9.55. The fourth-order valence-corrected chi connectivity index (χ4v) is 5.63. The van der Waals surface area contributed by atoms with Crippen LogP contribution in [0.1, 0.15) is 40.8 Å². The van der Waals surface area contributed by atoms with Gasteiger partial charge in [0.15, 0.2) is 23.0 Å². The Balaban J connectivity index is 1.52. The molecule has 4 aromatic rings. The molecule has 232 valence electrons. The molecule has 0 fully saturated rings. The molecule has 1 aliphatic rings. The zero-order valence-corrected chi connectivity index (χ0v) is 26.3. The number of nitriles is 1. The van der Waals surface area contributed by atoms with Crippen LogP contribution in [-0.4, -0.2) is 25.4 Å². The molecular formula is C35H34ClN3O6. The van der Waals surface area contributed by atoms with Gasteiger partial charge in [-0.05, 0) is 61.7 Å². The fraction of sp³-hybridized carbons (Fsp3) is 0.257. The minimum Gasteiger partial charge on any atom is -0.493 e. The number of allylic oxidation sites excluding steroid dienone is 1. The topological polar surface area (TPSA) is 118 Å². The van der Waals surface area contributed by atoms with Crippen molar-refractivity contribution in [1.82, 2.24) is 4.57 Å². The van der Waals surface area contributed by atoms with E-state index < -0.39 is 5.92 Å². The molecule has 2 heterocycles. The highest BCUT2D eigenvalue weighted by Crippen LogP contribution is 2.43. The third-order valence-electron chi connectivity index (χ3n) is 7.70. The Morgan fingerprint density at radius 1 is 0.978 bits per heavy atom. The highest BCUT2D eigenvalue weighted by Gasteiger charge is 2.35. The van der Waals surface area contributed by atoms with Crippen LogP contribution in [0.15, 0.2) is 83.0 Å². The van der Waals surface area contributed by atoms with E-state index in [0.29, 0.717) is 70.2 Å². The van der Waals surface area contributed by atoms with Crippen LogP contribution in [0, 0.1) is 18.3 Å². The van der Waals surface area contributed by atoms with Gasteiger partial charge in [-0.1, -0.05) is 41.9 Å². The summed E-state index contributed by atoms with van der Waals surface area (Å²) >= 11 is 6.32. The molecule has 0 amide bonds. The van der Waals surface area contributed by atoms with Gasteiger partial charge in [-0.3, -0.25) is 4.79 Å². The molecule has 45 heavy (non-hydrogen) atoms. The van der Waals surface area contributed by atoms with Gasteiger partial charge >= 0.3 is 0 Å². The average molecular weight is 628 g/mol. The largest absolute Gasteiger partial charge is 0.493 e. The first-order valence-electron chi connectivity index (χ1n) is 14.4. The highest BCUT2D eigenvalue weighted by molar-refractivity contribution is 6.31. The first-order valence-corrected chi connectivity index (χ1v) is 14.8. The van der Waals surface area contributed by atoms with Gasteiger partial charge in [0.1, 0.15) is 24.0 Å². The quantitative estimate of drug-likeness (QED) is 0.207. The molecule has 0 unspecified atom stereocenters. The number of rotatable bonds is 11. The van der Waals surface area contributed by atoms with Crippen molar-refractivity contribution in [2.75, 3.05) is 20.8 Å². The number of hydrogen-bond donors (Lipinski definition) is 1. The third-order valence-corrected chi connectivity index (χ3v) is 8.07. The Hall–Kier alpha value is -5.07. The number of halogens is 1. The molecule has 3 aromatic carbocycles. The Labute approximate surface area is 266 Å². The van der Waals surface area contributed by atoms with Gasteiger partial charge in [-0.25, -0.2) is 0 Å². The van der Waals surface area contributed by atoms with Gasteiger partial charge in [0.05, 0.1) is 32.3 Å². The van der Waals surface area contributed by atoms with E-state index in [0.717, 1.165) is 11.1 Å². The summed E-state index contributed by atoms with van der Waals surface area (Å²) in [6.07, 6.45) is 0.556. The third kappa shape index (κ3) is 6.42. The van der Waals surface area contributed by atoms with Crippen molar-refractivity contribution in [1.29, 1.82) is 5.26 Å². The maximum Gasteiger partial charge on any atom is 0.258 e. The molecule has 0 spiro atoms. The SMILES string of the molecule is CCOc1cc([C@H]2C(C#N)=C(N)Oc3cc(C)n(CCc4ccc(OC)c(OC)c4)c(=O)c32)ccc1OCc1ccccc1Cl. The minimum absolute atomic E-state index is 0.0473. The molecule has 0 aliphatic carbocycles. The van der Waals surface area contributed by atoms with Gasteiger partial charge in [0.25, 0.3) is 5.56 Å². The van der Waals surface area contributed by atoms with Crippen LogP contribution in [0.5, 0.6) is 28.7 Å². The molecule has 5 rings (SSSR count). The van der Waals surface area contributed by atoms with Crippen molar-refractivity contribution in [2.24, 2.45) is 5.73 Å². The van der Waals surface area contributed by atoms with Crippen LogP contribution in [0.2, 0.25) is 5.02 Å². The second-order valence-electron chi connectivity index (χ2n) is 10.4. The molecule has 0 radical (unpaired) electrons. The van der Waals surface area contributed by atoms with Gasteiger partial charge < -0.3 is 34.0 Å². The zero-order chi connectivity index (χ0) is 32.1. The number of pyridine rings is 1. The Morgan fingerprint density at radius 2 is 1.73 bits per heavy atom. The second kappa shape index (κ2) is 13.7. The molecule has 9 nitrogen and oxygen atoms in total. The monoisotopic (exact) mass is 627 g/mol. The molecule has 1 aromatic heterocycles. The van der Waals surface area contributed by atoms with E-state index in [9.17, 15) is 10.1 Å². The number of methoxy groups -OCH3 is 2. The van der Waals surface area contributed by atoms with Crippen molar-refractivity contribution in [2.45, 2.75) is 39.3 Å². The van der Waals surface area contributed by atoms with Crippen molar-refractivity contribution >= 4 is 11.6 Å². The van der Waals surface area contributed by atoms with Gasteiger partial charge in [0.2, 0.25) is 5.88 Å². The lowest BCUT2D eigenvalue weighted by atomic mass is 9.84. The number of aromatic nitrogens is 1. The summed E-state index contributed by atoms with van der Waals surface area (Å²) < 4.78 is 30.4. The van der Waals surface area contributed by atoms with Crippen LogP contribution >= 0.6 is 11.6 Å². The van der Waals surface area contributed by atoms with Crippen LogP contribution in [0.25, 0.3) is 0 Å². The van der Waals surface area contributed by atoms with E-state index in [2.05, 4.69) is 6.07 Å². The summed E-state index contributed by atoms with van der Waals surface area (Å²) in [5, 5.41) is 10.8. The number of nitrogens with two attached hydrogens (primary N) is 1. The number of aryl methyl sites for hydroxylation is 2. The molecule has 0 bridgehead atoms. The minimum atomic E-state index is -0.781. The highest BCUT2D eigenvalue weighted by atomic mass is 35.5. The molecule has 10 heteroatoms. The number of ether oxygens (including phenoxy) is 5. The molecule has 2 N–H and O–H groups in total. The van der Waals surface area contributed by atoms with Crippen molar-refractivity contribution in [3.63, 3.8) is 0 Å². The normalized spacial score (nSPS) is 13.8. The Morgan fingerprint density at radius 3 is 2.44 bits per heavy atom. The summed E-state index contributed by atoms with van der Waals surface area (Å²) in [6.45, 7) is 4.71. The van der Waals surface area contributed by atoms with Gasteiger partial charge in [-0.2, -0.15) is 5.26 Å². The maximum atomic E-state index is 14.2. The first-order chi connectivity index (χ1) is 21.8.